The SMILES string of the molecule is C[C@@H]1CN(c2nc(=O)n3c4c(c(Cl)c(C(F)(F)F)cc24)SC[C@@H]3CN2CCN(C)CC2)[C@@H](C)CN1C(=O)OC(C)(C)C. The molecule has 5 rings (SSSR count). The molecule has 1 aromatic heterocycles. The summed E-state index contributed by atoms with van der Waals surface area (Å²) in [6.07, 6.45) is -5.15. The van der Waals surface area contributed by atoms with Gasteiger partial charge in [-0.05, 0) is 47.7 Å². The van der Waals surface area contributed by atoms with Crippen molar-refractivity contribution >= 4 is 46.2 Å². The van der Waals surface area contributed by atoms with Crippen LogP contribution in [0.25, 0.3) is 10.9 Å². The Morgan fingerprint density at radius 3 is 2.40 bits per heavy atom. The number of anilines is 1. The number of alkyl halides is 3. The molecule has 1 aromatic carbocycles. The van der Waals surface area contributed by atoms with Crippen LogP contribution >= 0.6 is 23.4 Å². The van der Waals surface area contributed by atoms with Crippen LogP contribution in [0.3, 0.4) is 0 Å². The normalized spacial score (nSPS) is 24.4. The predicted molar refractivity (Wildman–Crippen MR) is 159 cm³/mol. The summed E-state index contributed by atoms with van der Waals surface area (Å²) in [7, 11) is 2.07. The van der Waals surface area contributed by atoms with Gasteiger partial charge in [-0.25, -0.2) is 9.59 Å². The second-order valence-corrected chi connectivity index (χ2v) is 14.0. The molecule has 232 valence electrons. The summed E-state index contributed by atoms with van der Waals surface area (Å²) in [5.41, 5.74) is -1.73. The highest BCUT2D eigenvalue weighted by atomic mass is 35.5. The van der Waals surface area contributed by atoms with E-state index in [2.05, 4.69) is 21.8 Å². The molecule has 0 radical (unpaired) electrons. The molecule has 2 fully saturated rings. The summed E-state index contributed by atoms with van der Waals surface area (Å²) in [6.45, 7) is 13.7. The van der Waals surface area contributed by atoms with Crippen LogP contribution < -0.4 is 10.6 Å². The fraction of sp³-hybridized carbons (Fsp3) is 0.679. The Labute approximate surface area is 252 Å². The van der Waals surface area contributed by atoms with Crippen molar-refractivity contribution in [3.8, 4) is 0 Å². The quantitative estimate of drug-likeness (QED) is 0.479. The van der Waals surface area contributed by atoms with Gasteiger partial charge < -0.3 is 19.4 Å². The van der Waals surface area contributed by atoms with Gasteiger partial charge in [-0.1, -0.05) is 11.6 Å². The first-order valence-electron chi connectivity index (χ1n) is 14.2. The minimum Gasteiger partial charge on any atom is -0.444 e. The lowest BCUT2D eigenvalue weighted by Gasteiger charge is -2.45. The number of hydrogen-bond donors (Lipinski definition) is 0. The van der Waals surface area contributed by atoms with Crippen molar-refractivity contribution in [2.45, 2.75) is 69.4 Å². The lowest BCUT2D eigenvalue weighted by atomic mass is 10.1. The van der Waals surface area contributed by atoms with Crippen LogP contribution in [0.4, 0.5) is 23.8 Å². The van der Waals surface area contributed by atoms with Gasteiger partial charge in [0.15, 0.2) is 0 Å². The van der Waals surface area contributed by atoms with Crippen molar-refractivity contribution in [2.24, 2.45) is 0 Å². The third-order valence-corrected chi connectivity index (χ3v) is 9.87. The number of hydrogen-bond acceptors (Lipinski definition) is 8. The molecule has 0 saturated carbocycles. The zero-order valence-corrected chi connectivity index (χ0v) is 26.4. The predicted octanol–water partition coefficient (Wildman–Crippen LogP) is 4.80. The van der Waals surface area contributed by atoms with E-state index in [1.54, 1.807) is 30.2 Å². The molecule has 14 heteroatoms. The lowest BCUT2D eigenvalue weighted by Crippen LogP contribution is -2.59. The van der Waals surface area contributed by atoms with Crippen LogP contribution in [-0.4, -0.2) is 107 Å². The fourth-order valence-electron chi connectivity index (χ4n) is 5.94. The molecule has 42 heavy (non-hydrogen) atoms. The van der Waals surface area contributed by atoms with Gasteiger partial charge in [-0.3, -0.25) is 9.47 Å². The zero-order chi connectivity index (χ0) is 30.7. The Kier molecular flexibility index (Phi) is 8.45. The van der Waals surface area contributed by atoms with Crippen molar-refractivity contribution in [3.05, 3.63) is 27.1 Å². The molecule has 1 amide bonds. The number of ether oxygens (including phenoxy) is 1. The van der Waals surface area contributed by atoms with Crippen molar-refractivity contribution in [2.75, 3.05) is 63.5 Å². The molecule has 0 N–H and O–H groups in total. The molecule has 4 heterocycles. The maximum absolute atomic E-state index is 14.2. The molecular formula is C28H38ClF3N6O3S. The molecule has 9 nitrogen and oxygen atoms in total. The standard InChI is InChI=1S/C28H38ClF3N6O3S/c1-16-13-37(26(40)41-27(3,4)5)17(2)12-36(16)24-19-11-20(28(30,31)32)21(29)23-22(19)38(25(39)33-24)18(15-42-23)14-35-9-7-34(6)8-10-35/h11,16-18H,7-10,12-15H2,1-6H3/t16-,17+,18-/m0/s1. The van der Waals surface area contributed by atoms with E-state index in [1.165, 1.54) is 11.8 Å². The number of carbonyl (C=O) groups excluding carboxylic acids is 1. The van der Waals surface area contributed by atoms with E-state index in [4.69, 9.17) is 16.3 Å². The van der Waals surface area contributed by atoms with Gasteiger partial charge in [0.2, 0.25) is 0 Å². The van der Waals surface area contributed by atoms with E-state index in [-0.39, 0.29) is 52.3 Å². The highest BCUT2D eigenvalue weighted by Gasteiger charge is 2.41. The Morgan fingerprint density at radius 1 is 1.12 bits per heavy atom. The van der Waals surface area contributed by atoms with Gasteiger partial charge in [0, 0.05) is 69.0 Å². The number of carbonyl (C=O) groups is 1. The third-order valence-electron chi connectivity index (χ3n) is 8.13. The average Bonchev–Trinajstić information content (AvgIpc) is 2.88. The first kappa shape index (κ1) is 31.2. The second kappa shape index (κ2) is 11.4. The maximum Gasteiger partial charge on any atom is 0.417 e. The van der Waals surface area contributed by atoms with Gasteiger partial charge in [0.25, 0.3) is 0 Å². The lowest BCUT2D eigenvalue weighted by molar-refractivity contribution is -0.137. The average molecular weight is 631 g/mol. The van der Waals surface area contributed by atoms with Crippen LogP contribution in [0.5, 0.6) is 0 Å². The smallest absolute Gasteiger partial charge is 0.417 e. The molecule has 0 aliphatic carbocycles. The number of thioether (sulfide) groups is 1. The summed E-state index contributed by atoms with van der Waals surface area (Å²) >= 11 is 7.68. The summed E-state index contributed by atoms with van der Waals surface area (Å²) in [4.78, 5) is 39.3. The first-order chi connectivity index (χ1) is 19.5. The monoisotopic (exact) mass is 630 g/mol. The maximum atomic E-state index is 14.2. The summed E-state index contributed by atoms with van der Waals surface area (Å²) in [5.74, 6) is 0.594. The molecule has 3 aliphatic rings. The minimum atomic E-state index is -4.69. The number of rotatable bonds is 3. The Morgan fingerprint density at radius 2 is 1.79 bits per heavy atom. The molecule has 0 unspecified atom stereocenters. The third kappa shape index (κ3) is 6.07. The highest BCUT2D eigenvalue weighted by Crippen LogP contribution is 2.48. The zero-order valence-electron chi connectivity index (χ0n) is 24.8. The van der Waals surface area contributed by atoms with Gasteiger partial charge in [-0.2, -0.15) is 18.2 Å². The van der Waals surface area contributed by atoms with Crippen molar-refractivity contribution in [3.63, 3.8) is 0 Å². The Hall–Kier alpha value is -2.22. The first-order valence-corrected chi connectivity index (χ1v) is 15.6. The number of amides is 1. The van der Waals surface area contributed by atoms with Crippen LogP contribution in [0.2, 0.25) is 5.02 Å². The summed E-state index contributed by atoms with van der Waals surface area (Å²) in [6, 6.07) is 0.0903. The Balaban J connectivity index is 1.59. The van der Waals surface area contributed by atoms with Crippen molar-refractivity contribution < 1.29 is 22.7 Å². The number of nitrogens with zero attached hydrogens (tertiary/aromatic N) is 6. The topological polar surface area (TPSA) is 74.2 Å². The summed E-state index contributed by atoms with van der Waals surface area (Å²) in [5, 5.41) is -0.152. The fourth-order valence-corrected chi connectivity index (χ4v) is 7.55. The largest absolute Gasteiger partial charge is 0.444 e. The number of likely N-dealkylation sites (N-methyl/N-ethyl adjacent to an activating group) is 1. The van der Waals surface area contributed by atoms with E-state index >= 15 is 0 Å². The molecular weight excluding hydrogens is 593 g/mol. The molecule has 0 bridgehead atoms. The van der Waals surface area contributed by atoms with Crippen molar-refractivity contribution in [1.82, 2.24) is 24.3 Å². The number of benzene rings is 1. The highest BCUT2D eigenvalue weighted by molar-refractivity contribution is 7.99. The van der Waals surface area contributed by atoms with Gasteiger partial charge in [0.05, 0.1) is 27.0 Å². The van der Waals surface area contributed by atoms with Gasteiger partial charge in [0.1, 0.15) is 11.4 Å². The molecule has 3 atom stereocenters. The van der Waals surface area contributed by atoms with Crippen molar-refractivity contribution in [1.29, 1.82) is 0 Å². The van der Waals surface area contributed by atoms with Crippen LogP contribution in [0.15, 0.2) is 15.8 Å². The molecule has 0 spiro atoms. The molecule has 2 saturated heterocycles. The van der Waals surface area contributed by atoms with Crippen LogP contribution in [0, 0.1) is 0 Å². The van der Waals surface area contributed by atoms with Crippen LogP contribution in [-0.2, 0) is 10.9 Å². The molecule has 3 aliphatic heterocycles. The second-order valence-electron chi connectivity index (χ2n) is 12.6. The Bertz CT molecular complexity index is 1420. The number of aromatic nitrogens is 2. The number of halogens is 4. The minimum absolute atomic E-state index is 0.179. The molecule has 2 aromatic rings. The van der Waals surface area contributed by atoms with E-state index in [0.29, 0.717) is 17.8 Å². The van der Waals surface area contributed by atoms with E-state index < -0.39 is 29.1 Å². The number of piperazine rings is 2. The van der Waals surface area contributed by atoms with Gasteiger partial charge >= 0.3 is 18.0 Å². The van der Waals surface area contributed by atoms with E-state index in [9.17, 15) is 22.8 Å². The van der Waals surface area contributed by atoms with E-state index in [0.717, 1.165) is 32.2 Å². The summed E-state index contributed by atoms with van der Waals surface area (Å²) < 4.78 is 49.8. The van der Waals surface area contributed by atoms with Gasteiger partial charge in [-0.15, -0.1) is 11.8 Å². The van der Waals surface area contributed by atoms with E-state index in [1.807, 2.05) is 18.7 Å². The van der Waals surface area contributed by atoms with Crippen LogP contribution in [0.1, 0.15) is 46.2 Å².